The molecule has 0 aromatic carbocycles. The number of amides is 3. The van der Waals surface area contributed by atoms with Gasteiger partial charge in [-0.05, 0) is 31.7 Å². The Kier molecular flexibility index (Phi) is 7.04. The van der Waals surface area contributed by atoms with Crippen LogP contribution in [0.25, 0.3) is 11.0 Å². The summed E-state index contributed by atoms with van der Waals surface area (Å²) in [5, 5.41) is 3.26. The fourth-order valence-electron chi connectivity index (χ4n) is 4.85. The van der Waals surface area contributed by atoms with Crippen LogP contribution in [0.5, 0.6) is 0 Å². The summed E-state index contributed by atoms with van der Waals surface area (Å²) in [4.78, 5) is 61.6. The minimum Gasteiger partial charge on any atom is -0.335 e. The van der Waals surface area contributed by atoms with Gasteiger partial charge in [0, 0.05) is 44.5 Å². The lowest BCUT2D eigenvalue weighted by Gasteiger charge is -2.36. The number of hydrogen-bond donors (Lipinski definition) is 2. The van der Waals surface area contributed by atoms with Crippen LogP contribution in [-0.2, 0) is 6.54 Å². The number of aromatic nitrogens is 3. The highest BCUT2D eigenvalue weighted by molar-refractivity contribution is 6.05. The van der Waals surface area contributed by atoms with Gasteiger partial charge >= 0.3 is 11.7 Å². The van der Waals surface area contributed by atoms with Gasteiger partial charge < -0.3 is 15.1 Å². The molecular weight excluding hydrogens is 436 g/mol. The zero-order valence-corrected chi connectivity index (χ0v) is 20.2. The van der Waals surface area contributed by atoms with Gasteiger partial charge in [0.2, 0.25) is 0 Å². The van der Waals surface area contributed by atoms with E-state index in [1.54, 1.807) is 22.8 Å². The van der Waals surface area contributed by atoms with E-state index in [1.165, 1.54) is 11.0 Å². The number of carbonyl (C=O) groups is 2. The quantitative estimate of drug-likeness (QED) is 0.708. The van der Waals surface area contributed by atoms with Crippen molar-refractivity contribution in [3.05, 3.63) is 38.2 Å². The summed E-state index contributed by atoms with van der Waals surface area (Å²) < 4.78 is 1.38. The summed E-state index contributed by atoms with van der Waals surface area (Å²) in [6, 6.07) is 1.83. The maximum absolute atomic E-state index is 13.6. The summed E-state index contributed by atoms with van der Waals surface area (Å²) in [5.74, 6) is -0.274. The lowest BCUT2D eigenvalue weighted by atomic mass is 9.96. The van der Waals surface area contributed by atoms with Crippen molar-refractivity contribution < 1.29 is 9.59 Å². The van der Waals surface area contributed by atoms with Crippen LogP contribution in [0.3, 0.4) is 0 Å². The van der Waals surface area contributed by atoms with Gasteiger partial charge in [0.15, 0.2) is 5.65 Å². The molecule has 3 heterocycles. The molecule has 1 saturated heterocycles. The minimum absolute atomic E-state index is 0.0102. The molecule has 4 rings (SSSR count). The monoisotopic (exact) mass is 470 g/mol. The van der Waals surface area contributed by atoms with Crippen molar-refractivity contribution in [3.63, 3.8) is 0 Å². The second-order valence-electron chi connectivity index (χ2n) is 9.52. The number of pyridine rings is 1. The predicted molar refractivity (Wildman–Crippen MR) is 129 cm³/mol. The fraction of sp³-hybridized carbons (Fsp3) is 0.625. The Labute approximate surface area is 198 Å². The maximum atomic E-state index is 13.6. The highest BCUT2D eigenvalue weighted by Crippen LogP contribution is 2.22. The van der Waals surface area contributed by atoms with Gasteiger partial charge in [0.1, 0.15) is 0 Å². The number of hydrogen-bond acceptors (Lipinski definition) is 5. The third-order valence-corrected chi connectivity index (χ3v) is 6.89. The molecule has 0 atom stereocenters. The van der Waals surface area contributed by atoms with Crippen LogP contribution in [0.2, 0.25) is 0 Å². The molecule has 0 radical (unpaired) electrons. The number of urea groups is 1. The summed E-state index contributed by atoms with van der Waals surface area (Å²) in [6.07, 6.45) is 5.57. The molecule has 3 amide bonds. The molecule has 2 N–H and O–H groups in total. The van der Waals surface area contributed by atoms with Crippen molar-refractivity contribution in [2.45, 2.75) is 71.4 Å². The summed E-state index contributed by atoms with van der Waals surface area (Å²) in [6.45, 7) is 7.64. The SMILES string of the molecule is CCn1c(=O)[nH]c(=O)c2c(C(=O)N3CCN(C(=O)NC4CCCCC4)CC3)cc(C(C)C)nc21. The standard InChI is InChI=1S/C24H34N6O4/c1-4-30-20-19(21(31)27-24(30)34)17(14-18(26-20)15(2)3)22(32)28-10-12-29(13-11-28)23(33)25-16-8-6-5-7-9-16/h14-16H,4-13H2,1-3H3,(H,25,33)(H,27,31,34). The first-order chi connectivity index (χ1) is 16.3. The summed E-state index contributed by atoms with van der Waals surface area (Å²) >= 11 is 0. The molecule has 184 valence electrons. The Hall–Kier alpha value is -3.17. The van der Waals surface area contributed by atoms with Crippen molar-refractivity contribution in [1.29, 1.82) is 0 Å². The van der Waals surface area contributed by atoms with Crippen LogP contribution < -0.4 is 16.6 Å². The van der Waals surface area contributed by atoms with Crippen molar-refractivity contribution in [2.75, 3.05) is 26.2 Å². The molecule has 0 unspecified atom stereocenters. The Morgan fingerprint density at radius 2 is 1.74 bits per heavy atom. The Morgan fingerprint density at radius 1 is 1.09 bits per heavy atom. The lowest BCUT2D eigenvalue weighted by Crippen LogP contribution is -2.54. The van der Waals surface area contributed by atoms with Crippen LogP contribution in [0.4, 0.5) is 4.79 Å². The second-order valence-corrected chi connectivity index (χ2v) is 9.52. The second kappa shape index (κ2) is 9.99. The fourth-order valence-corrected chi connectivity index (χ4v) is 4.85. The molecule has 10 heteroatoms. The van der Waals surface area contributed by atoms with E-state index in [1.807, 2.05) is 13.8 Å². The largest absolute Gasteiger partial charge is 0.335 e. The molecular formula is C24H34N6O4. The summed E-state index contributed by atoms with van der Waals surface area (Å²) in [7, 11) is 0. The van der Waals surface area contributed by atoms with Gasteiger partial charge in [-0.3, -0.25) is 19.1 Å². The van der Waals surface area contributed by atoms with Crippen molar-refractivity contribution in [1.82, 2.24) is 29.7 Å². The molecule has 0 bridgehead atoms. The Morgan fingerprint density at radius 3 is 2.35 bits per heavy atom. The minimum atomic E-state index is -0.610. The molecule has 34 heavy (non-hydrogen) atoms. The zero-order chi connectivity index (χ0) is 24.4. The zero-order valence-electron chi connectivity index (χ0n) is 20.2. The lowest BCUT2D eigenvalue weighted by molar-refractivity contribution is 0.0664. The Balaban J connectivity index is 1.57. The first-order valence-electron chi connectivity index (χ1n) is 12.3. The van der Waals surface area contributed by atoms with E-state index in [-0.39, 0.29) is 40.5 Å². The van der Waals surface area contributed by atoms with Crippen LogP contribution in [-0.4, -0.2) is 68.5 Å². The van der Waals surface area contributed by atoms with Crippen LogP contribution in [0.15, 0.2) is 15.7 Å². The smallest absolute Gasteiger partial charge is 0.329 e. The molecule has 1 saturated carbocycles. The van der Waals surface area contributed by atoms with Crippen LogP contribution in [0, 0.1) is 0 Å². The molecule has 1 aliphatic heterocycles. The number of fused-ring (bicyclic) bond motifs is 1. The number of H-pyrrole nitrogens is 1. The number of aromatic amines is 1. The number of nitrogens with zero attached hydrogens (tertiary/aromatic N) is 4. The van der Waals surface area contributed by atoms with Gasteiger partial charge in [-0.25, -0.2) is 14.6 Å². The van der Waals surface area contributed by atoms with E-state index in [2.05, 4.69) is 15.3 Å². The Bertz CT molecular complexity index is 1190. The number of carbonyl (C=O) groups excluding carboxylic acids is 2. The molecule has 2 aromatic heterocycles. The van der Waals surface area contributed by atoms with Gasteiger partial charge in [-0.2, -0.15) is 0 Å². The average molecular weight is 471 g/mol. The molecule has 1 aliphatic carbocycles. The third kappa shape index (κ3) is 4.71. The van der Waals surface area contributed by atoms with E-state index in [0.29, 0.717) is 38.4 Å². The van der Waals surface area contributed by atoms with Crippen molar-refractivity contribution in [2.24, 2.45) is 0 Å². The molecule has 2 aromatic rings. The van der Waals surface area contributed by atoms with Crippen molar-refractivity contribution in [3.8, 4) is 0 Å². The topological polar surface area (TPSA) is 120 Å². The van der Waals surface area contributed by atoms with E-state index in [0.717, 1.165) is 25.7 Å². The predicted octanol–water partition coefficient (Wildman–Crippen LogP) is 2.03. The number of rotatable bonds is 4. The average Bonchev–Trinajstić information content (AvgIpc) is 2.83. The van der Waals surface area contributed by atoms with Gasteiger partial charge in [0.25, 0.3) is 11.5 Å². The highest BCUT2D eigenvalue weighted by atomic mass is 16.2. The van der Waals surface area contributed by atoms with Crippen LogP contribution in [0.1, 0.15) is 74.8 Å². The summed E-state index contributed by atoms with van der Waals surface area (Å²) in [5.41, 5.74) is -0.0205. The van der Waals surface area contributed by atoms with Crippen LogP contribution >= 0.6 is 0 Å². The number of nitrogens with one attached hydrogen (secondary N) is 2. The van der Waals surface area contributed by atoms with Gasteiger partial charge in [-0.15, -0.1) is 0 Å². The first-order valence-corrected chi connectivity index (χ1v) is 12.3. The van der Waals surface area contributed by atoms with Crippen molar-refractivity contribution >= 4 is 23.0 Å². The van der Waals surface area contributed by atoms with E-state index >= 15 is 0 Å². The molecule has 10 nitrogen and oxygen atoms in total. The normalized spacial score (nSPS) is 17.4. The van der Waals surface area contributed by atoms with E-state index < -0.39 is 11.2 Å². The van der Waals surface area contributed by atoms with Gasteiger partial charge in [-0.1, -0.05) is 33.1 Å². The highest BCUT2D eigenvalue weighted by Gasteiger charge is 2.29. The first kappa shape index (κ1) is 24.0. The third-order valence-electron chi connectivity index (χ3n) is 6.89. The van der Waals surface area contributed by atoms with E-state index in [4.69, 9.17) is 0 Å². The molecule has 0 spiro atoms. The van der Waals surface area contributed by atoms with E-state index in [9.17, 15) is 19.2 Å². The number of aryl methyl sites for hydroxylation is 1. The van der Waals surface area contributed by atoms with Gasteiger partial charge in [0.05, 0.1) is 10.9 Å². The molecule has 2 fully saturated rings. The molecule has 2 aliphatic rings. The number of piperazine rings is 1. The maximum Gasteiger partial charge on any atom is 0.329 e.